The number of nitrogens with one attached hydrogen (secondary N) is 1. The summed E-state index contributed by atoms with van der Waals surface area (Å²) in [5.74, 6) is 0. The van der Waals surface area contributed by atoms with Gasteiger partial charge in [0.15, 0.2) is 5.65 Å². The van der Waals surface area contributed by atoms with Gasteiger partial charge in [-0.2, -0.15) is 5.10 Å². The van der Waals surface area contributed by atoms with Crippen molar-refractivity contribution in [2.24, 2.45) is 0 Å². The fourth-order valence-electron chi connectivity index (χ4n) is 1.60. The van der Waals surface area contributed by atoms with Crippen LogP contribution in [0.2, 0.25) is 5.15 Å². The molecule has 2 aromatic rings. The minimum Gasteiger partial charge on any atom is -0.465 e. The zero-order valence-electron chi connectivity index (χ0n) is 9.09. The summed E-state index contributed by atoms with van der Waals surface area (Å²) in [4.78, 5) is 14.6. The Kier molecular flexibility index (Phi) is 3.14. The molecule has 2 N–H and O–H groups in total. The van der Waals surface area contributed by atoms with E-state index in [9.17, 15) is 4.79 Å². The molecule has 2 rings (SSSR count). The van der Waals surface area contributed by atoms with Crippen LogP contribution in [0, 0.1) is 0 Å². The number of nitrogens with zero attached hydrogens (tertiary/aromatic N) is 3. The molecule has 1 amide bonds. The molecule has 0 bridgehead atoms. The largest absolute Gasteiger partial charge is 0.465 e. The Hall–Kier alpha value is -1.82. The molecule has 0 aliphatic rings. The molecule has 0 radical (unpaired) electrons. The van der Waals surface area contributed by atoms with Gasteiger partial charge in [0, 0.05) is 23.9 Å². The molecular weight excluding hydrogens is 244 g/mol. The summed E-state index contributed by atoms with van der Waals surface area (Å²) in [6.45, 7) is 1.76. The molecular formula is C10H11ClN4O2. The zero-order valence-corrected chi connectivity index (χ0v) is 9.85. The fraction of sp³-hybridized carbons (Fsp3) is 0.300. The molecule has 0 fully saturated rings. The lowest BCUT2D eigenvalue weighted by Crippen LogP contribution is -2.32. The highest BCUT2D eigenvalue weighted by Gasteiger charge is 2.11. The van der Waals surface area contributed by atoms with E-state index in [0.29, 0.717) is 17.2 Å². The van der Waals surface area contributed by atoms with Crippen molar-refractivity contribution in [3.05, 3.63) is 29.2 Å². The van der Waals surface area contributed by atoms with Crippen LogP contribution < -0.4 is 5.32 Å². The van der Waals surface area contributed by atoms with E-state index in [0.717, 1.165) is 5.56 Å². The molecule has 2 heterocycles. The van der Waals surface area contributed by atoms with Crippen molar-refractivity contribution in [2.75, 3.05) is 0 Å². The molecule has 90 valence electrons. The van der Waals surface area contributed by atoms with E-state index in [1.807, 2.05) is 0 Å². The summed E-state index contributed by atoms with van der Waals surface area (Å²) < 4.78 is 1.61. The second-order valence-electron chi connectivity index (χ2n) is 3.75. The molecule has 2 aromatic heterocycles. The maximum atomic E-state index is 10.5. The second kappa shape index (κ2) is 4.58. The first kappa shape index (κ1) is 11.7. The first-order valence-corrected chi connectivity index (χ1v) is 5.42. The van der Waals surface area contributed by atoms with Crippen molar-refractivity contribution in [2.45, 2.75) is 19.4 Å². The number of halogens is 1. The Morgan fingerprint density at radius 3 is 3.18 bits per heavy atom. The van der Waals surface area contributed by atoms with Crippen LogP contribution in [0.4, 0.5) is 4.79 Å². The molecule has 6 nitrogen and oxygen atoms in total. The summed E-state index contributed by atoms with van der Waals surface area (Å²) in [5, 5.41) is 15.4. The van der Waals surface area contributed by atoms with E-state index in [4.69, 9.17) is 16.7 Å². The number of carbonyl (C=O) groups is 1. The molecule has 0 aliphatic carbocycles. The third-order valence-electron chi connectivity index (χ3n) is 2.30. The second-order valence-corrected chi connectivity index (χ2v) is 4.10. The number of hydrogen-bond acceptors (Lipinski definition) is 3. The van der Waals surface area contributed by atoms with Crippen molar-refractivity contribution >= 4 is 23.3 Å². The number of rotatable bonds is 3. The molecule has 1 atom stereocenters. The van der Waals surface area contributed by atoms with Crippen LogP contribution in [-0.2, 0) is 6.42 Å². The molecule has 0 saturated carbocycles. The Balaban J connectivity index is 2.22. The van der Waals surface area contributed by atoms with E-state index in [2.05, 4.69) is 15.4 Å². The van der Waals surface area contributed by atoms with Gasteiger partial charge in [0.05, 0.1) is 6.20 Å². The topological polar surface area (TPSA) is 79.5 Å². The van der Waals surface area contributed by atoms with Gasteiger partial charge in [-0.25, -0.2) is 14.3 Å². The Morgan fingerprint density at radius 1 is 1.71 bits per heavy atom. The van der Waals surface area contributed by atoms with Gasteiger partial charge in [0.2, 0.25) is 0 Å². The van der Waals surface area contributed by atoms with E-state index in [1.54, 1.807) is 29.9 Å². The summed E-state index contributed by atoms with van der Waals surface area (Å²) in [5.41, 5.74) is 1.42. The van der Waals surface area contributed by atoms with Crippen LogP contribution in [0.3, 0.4) is 0 Å². The standard InChI is InChI=1S/C10H11ClN4O2/c1-6(13-10(16)17)4-7-5-15-8(2-3-12-15)14-9(7)11/h2-3,5-6,13H,4H2,1H3,(H,16,17). The number of carboxylic acid groups (broad SMARTS) is 1. The molecule has 0 spiro atoms. The SMILES string of the molecule is CC(Cc1cn2nccc2nc1Cl)NC(=O)O. The van der Waals surface area contributed by atoms with Gasteiger partial charge in [-0.05, 0) is 13.3 Å². The molecule has 1 unspecified atom stereocenters. The summed E-state index contributed by atoms with van der Waals surface area (Å²) in [7, 11) is 0. The minimum atomic E-state index is -1.05. The van der Waals surface area contributed by atoms with Gasteiger partial charge in [0.1, 0.15) is 5.15 Å². The summed E-state index contributed by atoms with van der Waals surface area (Å²) >= 11 is 6.01. The van der Waals surface area contributed by atoms with E-state index < -0.39 is 6.09 Å². The highest BCUT2D eigenvalue weighted by Crippen LogP contribution is 2.16. The van der Waals surface area contributed by atoms with Gasteiger partial charge in [-0.3, -0.25) is 0 Å². The Labute approximate surface area is 102 Å². The van der Waals surface area contributed by atoms with E-state index >= 15 is 0 Å². The monoisotopic (exact) mass is 254 g/mol. The van der Waals surface area contributed by atoms with Crippen LogP contribution >= 0.6 is 11.6 Å². The van der Waals surface area contributed by atoms with Gasteiger partial charge >= 0.3 is 6.09 Å². The molecule has 0 aromatic carbocycles. The van der Waals surface area contributed by atoms with Crippen molar-refractivity contribution < 1.29 is 9.90 Å². The smallest absolute Gasteiger partial charge is 0.404 e. The first-order chi connectivity index (χ1) is 8.06. The zero-order chi connectivity index (χ0) is 12.4. The molecule has 17 heavy (non-hydrogen) atoms. The Morgan fingerprint density at radius 2 is 2.47 bits per heavy atom. The Bertz CT molecular complexity index is 554. The first-order valence-electron chi connectivity index (χ1n) is 5.04. The van der Waals surface area contributed by atoms with Crippen LogP contribution in [0.1, 0.15) is 12.5 Å². The van der Waals surface area contributed by atoms with Crippen molar-refractivity contribution in [3.63, 3.8) is 0 Å². The maximum absolute atomic E-state index is 10.5. The van der Waals surface area contributed by atoms with E-state index in [1.165, 1.54) is 0 Å². The number of hydrogen-bond donors (Lipinski definition) is 2. The number of amides is 1. The predicted molar refractivity (Wildman–Crippen MR) is 62.3 cm³/mol. The quantitative estimate of drug-likeness (QED) is 0.815. The van der Waals surface area contributed by atoms with Gasteiger partial charge < -0.3 is 10.4 Å². The van der Waals surface area contributed by atoms with Crippen LogP contribution in [0.25, 0.3) is 5.65 Å². The van der Waals surface area contributed by atoms with Crippen LogP contribution in [-0.4, -0.2) is 31.8 Å². The molecule has 0 aliphatic heterocycles. The lowest BCUT2D eigenvalue weighted by molar-refractivity contribution is 0.190. The van der Waals surface area contributed by atoms with Gasteiger partial charge in [0.25, 0.3) is 0 Å². The number of aromatic nitrogens is 3. The van der Waals surface area contributed by atoms with Crippen LogP contribution in [0.15, 0.2) is 18.5 Å². The average Bonchev–Trinajstić information content (AvgIpc) is 2.63. The third-order valence-corrected chi connectivity index (χ3v) is 2.63. The van der Waals surface area contributed by atoms with Gasteiger partial charge in [-0.1, -0.05) is 11.6 Å². The van der Waals surface area contributed by atoms with Crippen molar-refractivity contribution in [1.82, 2.24) is 19.9 Å². The van der Waals surface area contributed by atoms with E-state index in [-0.39, 0.29) is 6.04 Å². The predicted octanol–water partition coefficient (Wildman–Crippen LogP) is 1.58. The lowest BCUT2D eigenvalue weighted by Gasteiger charge is -2.12. The van der Waals surface area contributed by atoms with Crippen molar-refractivity contribution in [1.29, 1.82) is 0 Å². The van der Waals surface area contributed by atoms with Crippen LogP contribution in [0.5, 0.6) is 0 Å². The number of fused-ring (bicyclic) bond motifs is 1. The molecule has 7 heteroatoms. The molecule has 0 saturated heterocycles. The summed E-state index contributed by atoms with van der Waals surface area (Å²) in [6, 6.07) is 1.51. The normalized spacial score (nSPS) is 12.6. The van der Waals surface area contributed by atoms with Gasteiger partial charge in [-0.15, -0.1) is 0 Å². The average molecular weight is 255 g/mol. The highest BCUT2D eigenvalue weighted by molar-refractivity contribution is 6.30. The fourth-order valence-corrected chi connectivity index (χ4v) is 1.81. The minimum absolute atomic E-state index is 0.236. The maximum Gasteiger partial charge on any atom is 0.404 e. The summed E-state index contributed by atoms with van der Waals surface area (Å²) in [6.07, 6.45) is 2.79. The highest BCUT2D eigenvalue weighted by atomic mass is 35.5. The van der Waals surface area contributed by atoms with Crippen molar-refractivity contribution in [3.8, 4) is 0 Å². The lowest BCUT2D eigenvalue weighted by atomic mass is 10.1. The third kappa shape index (κ3) is 2.65.